The maximum absolute atomic E-state index is 10.8. The van der Waals surface area contributed by atoms with Gasteiger partial charge in [0.15, 0.2) is 0 Å². The van der Waals surface area contributed by atoms with Gasteiger partial charge in [0.2, 0.25) is 0 Å². The summed E-state index contributed by atoms with van der Waals surface area (Å²) < 4.78 is 0. The van der Waals surface area contributed by atoms with Crippen LogP contribution >= 0.6 is 0 Å². The van der Waals surface area contributed by atoms with E-state index in [0.717, 1.165) is 0 Å². The van der Waals surface area contributed by atoms with Crippen LogP contribution in [0.4, 0.5) is 0 Å². The van der Waals surface area contributed by atoms with E-state index in [9.17, 15) is 4.79 Å². The monoisotopic (exact) mass is 161 g/mol. The molecular weight excluding hydrogens is 148 g/mol. The molecule has 0 amide bonds. The summed E-state index contributed by atoms with van der Waals surface area (Å²) in [6, 6.07) is 10.7. The standard InChI is InChI=1S/C11H13O/c1-9(8-10(2)12)11-6-4-3-5-7-11/h4-7,9H,8H2,1-2H3. The molecule has 1 aromatic rings. The van der Waals surface area contributed by atoms with Crippen molar-refractivity contribution < 1.29 is 4.79 Å². The quantitative estimate of drug-likeness (QED) is 0.665. The average molecular weight is 161 g/mol. The van der Waals surface area contributed by atoms with Crippen molar-refractivity contribution in [3.63, 3.8) is 0 Å². The number of hydrogen-bond acceptors (Lipinski definition) is 1. The molecule has 1 rings (SSSR count). The smallest absolute Gasteiger partial charge is 0.130 e. The zero-order valence-corrected chi connectivity index (χ0v) is 7.50. The Morgan fingerprint density at radius 1 is 1.50 bits per heavy atom. The van der Waals surface area contributed by atoms with Gasteiger partial charge in [-0.3, -0.25) is 0 Å². The number of Topliss-reactive ketones (excluding diaryl/α,β-unsaturated/α-hetero) is 1. The van der Waals surface area contributed by atoms with E-state index < -0.39 is 0 Å². The Bertz CT molecular complexity index is 251. The van der Waals surface area contributed by atoms with Gasteiger partial charge in [-0.1, -0.05) is 31.2 Å². The van der Waals surface area contributed by atoms with Gasteiger partial charge in [0.05, 0.1) is 0 Å². The third-order valence-corrected chi connectivity index (χ3v) is 1.91. The second kappa shape index (κ2) is 4.05. The van der Waals surface area contributed by atoms with E-state index in [-0.39, 0.29) is 5.78 Å². The van der Waals surface area contributed by atoms with Gasteiger partial charge in [0.25, 0.3) is 0 Å². The van der Waals surface area contributed by atoms with Crippen molar-refractivity contribution >= 4 is 5.78 Å². The fourth-order valence-corrected chi connectivity index (χ4v) is 1.28. The van der Waals surface area contributed by atoms with E-state index in [4.69, 9.17) is 0 Å². The first kappa shape index (κ1) is 8.98. The lowest BCUT2D eigenvalue weighted by Crippen LogP contribution is -1.99. The lowest BCUT2D eigenvalue weighted by atomic mass is 9.96. The lowest BCUT2D eigenvalue weighted by Gasteiger charge is -2.08. The van der Waals surface area contributed by atoms with Gasteiger partial charge in [-0.25, -0.2) is 0 Å². The molecule has 0 aliphatic carbocycles. The largest absolute Gasteiger partial charge is 0.300 e. The summed E-state index contributed by atoms with van der Waals surface area (Å²) in [7, 11) is 0. The molecule has 63 valence electrons. The molecule has 1 atom stereocenters. The Labute approximate surface area is 73.4 Å². The first-order chi connectivity index (χ1) is 5.70. The summed E-state index contributed by atoms with van der Waals surface area (Å²) in [5.41, 5.74) is 1.21. The minimum Gasteiger partial charge on any atom is -0.300 e. The van der Waals surface area contributed by atoms with Crippen LogP contribution in [-0.4, -0.2) is 5.78 Å². The van der Waals surface area contributed by atoms with Gasteiger partial charge < -0.3 is 4.79 Å². The van der Waals surface area contributed by atoms with Gasteiger partial charge in [-0.2, -0.15) is 0 Å². The first-order valence-electron chi connectivity index (χ1n) is 4.15. The molecule has 0 aliphatic rings. The predicted octanol–water partition coefficient (Wildman–Crippen LogP) is 2.57. The van der Waals surface area contributed by atoms with Gasteiger partial charge >= 0.3 is 0 Å². The van der Waals surface area contributed by atoms with E-state index >= 15 is 0 Å². The molecule has 0 fully saturated rings. The average Bonchev–Trinajstić information content (AvgIpc) is 2.05. The van der Waals surface area contributed by atoms with Crippen LogP contribution in [0, 0.1) is 6.07 Å². The summed E-state index contributed by atoms with van der Waals surface area (Å²) in [5.74, 6) is 0.576. The van der Waals surface area contributed by atoms with Crippen molar-refractivity contribution in [1.29, 1.82) is 0 Å². The highest BCUT2D eigenvalue weighted by Crippen LogP contribution is 2.17. The molecule has 0 heterocycles. The Kier molecular flexibility index (Phi) is 3.03. The van der Waals surface area contributed by atoms with E-state index in [1.54, 1.807) is 6.92 Å². The molecule has 0 saturated carbocycles. The maximum atomic E-state index is 10.8. The molecule has 1 heteroatoms. The van der Waals surface area contributed by atoms with Crippen molar-refractivity contribution in [1.82, 2.24) is 0 Å². The molecule has 0 N–H and O–H groups in total. The first-order valence-corrected chi connectivity index (χ1v) is 4.15. The van der Waals surface area contributed by atoms with Crippen LogP contribution in [0.15, 0.2) is 24.3 Å². The highest BCUT2D eigenvalue weighted by Gasteiger charge is 2.06. The van der Waals surface area contributed by atoms with E-state index in [1.165, 1.54) is 5.56 Å². The molecule has 0 spiro atoms. The molecule has 0 bridgehead atoms. The Balaban J connectivity index is 2.65. The van der Waals surface area contributed by atoms with Crippen molar-refractivity contribution in [3.8, 4) is 0 Å². The summed E-state index contributed by atoms with van der Waals surface area (Å²) in [5, 5.41) is 0. The zero-order valence-electron chi connectivity index (χ0n) is 7.50. The van der Waals surface area contributed by atoms with Crippen LogP contribution in [0.25, 0.3) is 0 Å². The maximum Gasteiger partial charge on any atom is 0.130 e. The number of benzene rings is 1. The molecule has 1 radical (unpaired) electrons. The Hall–Kier alpha value is -1.11. The van der Waals surface area contributed by atoms with Gasteiger partial charge in [-0.05, 0) is 24.5 Å². The predicted molar refractivity (Wildman–Crippen MR) is 49.0 cm³/mol. The second-order valence-electron chi connectivity index (χ2n) is 3.14. The lowest BCUT2D eigenvalue weighted by molar-refractivity contribution is -0.117. The second-order valence-corrected chi connectivity index (χ2v) is 3.14. The van der Waals surface area contributed by atoms with Crippen LogP contribution in [0.3, 0.4) is 0 Å². The summed E-state index contributed by atoms with van der Waals surface area (Å²) >= 11 is 0. The number of rotatable bonds is 3. The van der Waals surface area contributed by atoms with Crippen LogP contribution in [0.1, 0.15) is 31.7 Å². The number of ketones is 1. The minimum atomic E-state index is 0.246. The van der Waals surface area contributed by atoms with Crippen LogP contribution in [-0.2, 0) is 4.79 Å². The highest BCUT2D eigenvalue weighted by molar-refractivity contribution is 5.76. The molecule has 0 saturated heterocycles. The highest BCUT2D eigenvalue weighted by atomic mass is 16.1. The minimum absolute atomic E-state index is 0.246. The molecular formula is C11H13O. The Morgan fingerprint density at radius 3 is 2.58 bits per heavy atom. The van der Waals surface area contributed by atoms with Gasteiger partial charge in [0.1, 0.15) is 5.78 Å². The van der Waals surface area contributed by atoms with E-state index in [1.807, 2.05) is 24.3 Å². The summed E-state index contributed by atoms with van der Waals surface area (Å²) in [6.45, 7) is 3.70. The van der Waals surface area contributed by atoms with Gasteiger partial charge in [0, 0.05) is 6.42 Å². The molecule has 1 aromatic carbocycles. The van der Waals surface area contributed by atoms with Gasteiger partial charge in [-0.15, -0.1) is 0 Å². The van der Waals surface area contributed by atoms with E-state index in [2.05, 4.69) is 13.0 Å². The molecule has 1 unspecified atom stereocenters. The SMILES string of the molecule is CC(=O)CC(C)c1cc[c]cc1. The van der Waals surface area contributed by atoms with Crippen molar-refractivity contribution in [2.45, 2.75) is 26.2 Å². The van der Waals surface area contributed by atoms with Crippen LogP contribution in [0.2, 0.25) is 0 Å². The zero-order chi connectivity index (χ0) is 8.97. The number of carbonyl (C=O) groups is 1. The molecule has 0 aromatic heterocycles. The number of hydrogen-bond donors (Lipinski definition) is 0. The van der Waals surface area contributed by atoms with Crippen LogP contribution in [0.5, 0.6) is 0 Å². The van der Waals surface area contributed by atoms with E-state index in [0.29, 0.717) is 12.3 Å². The molecule has 1 nitrogen and oxygen atoms in total. The molecule has 12 heavy (non-hydrogen) atoms. The van der Waals surface area contributed by atoms with Crippen molar-refractivity contribution in [3.05, 3.63) is 35.9 Å². The third kappa shape index (κ3) is 2.50. The normalized spacial score (nSPS) is 12.5. The summed E-state index contributed by atoms with van der Waals surface area (Å²) in [6.07, 6.45) is 0.629. The topological polar surface area (TPSA) is 17.1 Å². The number of carbonyl (C=O) groups excluding carboxylic acids is 1. The van der Waals surface area contributed by atoms with Crippen molar-refractivity contribution in [2.24, 2.45) is 0 Å². The van der Waals surface area contributed by atoms with Crippen LogP contribution < -0.4 is 0 Å². The molecule has 0 aliphatic heterocycles. The Morgan fingerprint density at radius 2 is 2.08 bits per heavy atom. The van der Waals surface area contributed by atoms with Crippen molar-refractivity contribution in [2.75, 3.05) is 0 Å². The fraction of sp³-hybridized carbons (Fsp3) is 0.364. The summed E-state index contributed by atoms with van der Waals surface area (Å²) in [4.78, 5) is 10.8. The third-order valence-electron chi connectivity index (χ3n) is 1.91. The fourth-order valence-electron chi connectivity index (χ4n) is 1.28.